The highest BCUT2D eigenvalue weighted by Crippen LogP contribution is 2.25. The zero-order valence-corrected chi connectivity index (χ0v) is 9.94. The molecule has 0 saturated carbocycles. The zero-order chi connectivity index (χ0) is 10.5. The lowest BCUT2D eigenvalue weighted by atomic mass is 10.2. The first-order valence-corrected chi connectivity index (χ1v) is 6.45. The first-order chi connectivity index (χ1) is 7.42. The van der Waals surface area contributed by atoms with Crippen molar-refractivity contribution in [1.29, 1.82) is 0 Å². The Balaban J connectivity index is 2.02. The van der Waals surface area contributed by atoms with E-state index in [1.165, 1.54) is 28.5 Å². The second-order valence-corrected chi connectivity index (χ2v) is 4.70. The second-order valence-electron chi connectivity index (χ2n) is 3.79. The minimum absolute atomic E-state index is 1.00. The van der Waals surface area contributed by atoms with Crippen LogP contribution in [0.5, 0.6) is 0 Å². The van der Waals surface area contributed by atoms with E-state index < -0.39 is 0 Å². The van der Waals surface area contributed by atoms with Crippen molar-refractivity contribution in [3.05, 3.63) is 35.2 Å². The fraction of sp³-hybridized carbons (Fsp3) is 0.385. The number of hydrogen-bond donors (Lipinski definition) is 1. The molecular weight excluding hydrogens is 202 g/mol. The van der Waals surface area contributed by atoms with Gasteiger partial charge < -0.3 is 5.32 Å². The van der Waals surface area contributed by atoms with Crippen LogP contribution in [0.3, 0.4) is 0 Å². The third-order valence-corrected chi connectivity index (χ3v) is 3.60. The predicted octanol–water partition coefficient (Wildman–Crippen LogP) is 3.79. The van der Waals surface area contributed by atoms with Crippen molar-refractivity contribution in [2.75, 3.05) is 6.54 Å². The summed E-state index contributed by atoms with van der Waals surface area (Å²) in [6.07, 6.45) is 2.53. The lowest BCUT2D eigenvalue weighted by Gasteiger charge is -2.02. The molecule has 1 heterocycles. The summed E-state index contributed by atoms with van der Waals surface area (Å²) in [6.45, 7) is 4.35. The molecule has 0 amide bonds. The van der Waals surface area contributed by atoms with Crippen LogP contribution in [0.4, 0.5) is 0 Å². The number of rotatable bonds is 5. The molecule has 2 heteroatoms. The van der Waals surface area contributed by atoms with Crippen molar-refractivity contribution in [2.24, 2.45) is 0 Å². The normalized spacial score (nSPS) is 11.0. The SMILES string of the molecule is CCCCNCc1csc2ccccc12. The molecule has 0 bridgehead atoms. The summed E-state index contributed by atoms with van der Waals surface area (Å²) in [4.78, 5) is 0. The van der Waals surface area contributed by atoms with Crippen molar-refractivity contribution < 1.29 is 0 Å². The summed E-state index contributed by atoms with van der Waals surface area (Å²) in [5.74, 6) is 0. The Morgan fingerprint density at radius 2 is 2.13 bits per heavy atom. The Hall–Kier alpha value is -0.860. The van der Waals surface area contributed by atoms with Gasteiger partial charge in [-0.1, -0.05) is 31.5 Å². The third kappa shape index (κ3) is 2.58. The summed E-state index contributed by atoms with van der Waals surface area (Å²) < 4.78 is 1.39. The molecule has 1 aromatic carbocycles. The molecule has 0 aliphatic heterocycles. The highest BCUT2D eigenvalue weighted by molar-refractivity contribution is 7.17. The van der Waals surface area contributed by atoms with Crippen LogP contribution in [0.15, 0.2) is 29.6 Å². The Kier molecular flexibility index (Phi) is 3.75. The maximum absolute atomic E-state index is 3.49. The number of unbranched alkanes of at least 4 members (excludes halogenated alkanes) is 1. The smallest absolute Gasteiger partial charge is 0.0346 e. The molecule has 2 aromatic rings. The lowest BCUT2D eigenvalue weighted by molar-refractivity contribution is 0.644. The van der Waals surface area contributed by atoms with Gasteiger partial charge in [0.05, 0.1) is 0 Å². The van der Waals surface area contributed by atoms with Crippen LogP contribution in [-0.4, -0.2) is 6.54 Å². The first-order valence-electron chi connectivity index (χ1n) is 5.57. The lowest BCUT2D eigenvalue weighted by Crippen LogP contribution is -2.13. The summed E-state index contributed by atoms with van der Waals surface area (Å²) in [7, 11) is 0. The van der Waals surface area contributed by atoms with E-state index >= 15 is 0 Å². The quantitative estimate of drug-likeness (QED) is 0.754. The van der Waals surface area contributed by atoms with Gasteiger partial charge in [0.25, 0.3) is 0 Å². The molecule has 1 aromatic heterocycles. The molecule has 80 valence electrons. The standard InChI is InChI=1S/C13H17NS/c1-2-3-8-14-9-11-10-15-13-7-5-4-6-12(11)13/h4-7,10,14H,2-3,8-9H2,1H3. The summed E-state index contributed by atoms with van der Waals surface area (Å²) in [5, 5.41) is 7.16. The number of fused-ring (bicyclic) bond motifs is 1. The average molecular weight is 219 g/mol. The maximum Gasteiger partial charge on any atom is 0.0346 e. The topological polar surface area (TPSA) is 12.0 Å². The average Bonchev–Trinajstić information content (AvgIpc) is 2.68. The van der Waals surface area contributed by atoms with Gasteiger partial charge in [0.1, 0.15) is 0 Å². The predicted molar refractivity (Wildman–Crippen MR) is 68.4 cm³/mol. The molecule has 0 fully saturated rings. The minimum atomic E-state index is 1.00. The van der Waals surface area contributed by atoms with Gasteiger partial charge in [0, 0.05) is 11.2 Å². The molecule has 2 rings (SSSR count). The highest BCUT2D eigenvalue weighted by atomic mass is 32.1. The molecule has 0 radical (unpaired) electrons. The van der Waals surface area contributed by atoms with Gasteiger partial charge in [-0.25, -0.2) is 0 Å². The Bertz CT molecular complexity index is 419. The fourth-order valence-corrected chi connectivity index (χ4v) is 2.66. The molecule has 0 spiro atoms. The molecule has 1 N–H and O–H groups in total. The number of benzene rings is 1. The van der Waals surface area contributed by atoms with Crippen molar-refractivity contribution in [1.82, 2.24) is 5.32 Å². The zero-order valence-electron chi connectivity index (χ0n) is 9.12. The van der Waals surface area contributed by atoms with Crippen molar-refractivity contribution >= 4 is 21.4 Å². The van der Waals surface area contributed by atoms with Crippen LogP contribution < -0.4 is 5.32 Å². The molecule has 0 unspecified atom stereocenters. The summed E-state index contributed by atoms with van der Waals surface area (Å²) in [6, 6.07) is 8.62. The first kappa shape index (κ1) is 10.7. The molecule has 15 heavy (non-hydrogen) atoms. The molecule has 0 aliphatic rings. The van der Waals surface area contributed by atoms with E-state index in [4.69, 9.17) is 0 Å². The number of nitrogens with one attached hydrogen (secondary N) is 1. The van der Waals surface area contributed by atoms with Gasteiger partial charge in [0.2, 0.25) is 0 Å². The van der Waals surface area contributed by atoms with Gasteiger partial charge in [0.15, 0.2) is 0 Å². The Labute approximate surface area is 95.1 Å². The van der Waals surface area contributed by atoms with Crippen molar-refractivity contribution in [3.8, 4) is 0 Å². The van der Waals surface area contributed by atoms with Gasteiger partial charge >= 0.3 is 0 Å². The van der Waals surface area contributed by atoms with E-state index in [1.807, 2.05) is 11.3 Å². The molecule has 0 aliphatic carbocycles. The van der Waals surface area contributed by atoms with Crippen molar-refractivity contribution in [2.45, 2.75) is 26.3 Å². The van der Waals surface area contributed by atoms with Crippen LogP contribution in [0.2, 0.25) is 0 Å². The van der Waals surface area contributed by atoms with Gasteiger partial charge in [-0.05, 0) is 35.4 Å². The van der Waals surface area contributed by atoms with Crippen LogP contribution in [0, 0.1) is 0 Å². The fourth-order valence-electron chi connectivity index (χ4n) is 1.69. The third-order valence-electron chi connectivity index (χ3n) is 2.58. The van der Waals surface area contributed by atoms with Crippen LogP contribution in [0.1, 0.15) is 25.3 Å². The van der Waals surface area contributed by atoms with E-state index in [-0.39, 0.29) is 0 Å². The van der Waals surface area contributed by atoms with Gasteiger partial charge in [-0.2, -0.15) is 0 Å². The van der Waals surface area contributed by atoms with Gasteiger partial charge in [-0.15, -0.1) is 11.3 Å². The van der Waals surface area contributed by atoms with E-state index in [0.717, 1.165) is 13.1 Å². The van der Waals surface area contributed by atoms with Crippen LogP contribution >= 0.6 is 11.3 Å². The monoisotopic (exact) mass is 219 g/mol. The maximum atomic E-state index is 3.49. The second kappa shape index (κ2) is 5.29. The number of hydrogen-bond acceptors (Lipinski definition) is 2. The van der Waals surface area contributed by atoms with Crippen LogP contribution in [-0.2, 0) is 6.54 Å². The number of thiophene rings is 1. The van der Waals surface area contributed by atoms with Crippen molar-refractivity contribution in [3.63, 3.8) is 0 Å². The van der Waals surface area contributed by atoms with E-state index in [2.05, 4.69) is 41.9 Å². The van der Waals surface area contributed by atoms with Gasteiger partial charge in [-0.3, -0.25) is 0 Å². The molecule has 1 nitrogen and oxygen atoms in total. The largest absolute Gasteiger partial charge is 0.313 e. The molecular formula is C13H17NS. The Morgan fingerprint density at radius 1 is 1.27 bits per heavy atom. The van der Waals surface area contributed by atoms with E-state index in [1.54, 1.807) is 0 Å². The minimum Gasteiger partial charge on any atom is -0.313 e. The van der Waals surface area contributed by atoms with Crippen LogP contribution in [0.25, 0.3) is 10.1 Å². The summed E-state index contributed by atoms with van der Waals surface area (Å²) in [5.41, 5.74) is 1.44. The summed E-state index contributed by atoms with van der Waals surface area (Å²) >= 11 is 1.84. The molecule has 0 atom stereocenters. The molecule has 0 saturated heterocycles. The van der Waals surface area contributed by atoms with E-state index in [9.17, 15) is 0 Å². The highest BCUT2D eigenvalue weighted by Gasteiger charge is 2.01. The Morgan fingerprint density at radius 3 is 3.00 bits per heavy atom. The van der Waals surface area contributed by atoms with E-state index in [0.29, 0.717) is 0 Å².